The lowest BCUT2D eigenvalue weighted by molar-refractivity contribution is -0.122. The Balaban J connectivity index is 1.59. The van der Waals surface area contributed by atoms with E-state index in [1.54, 1.807) is 6.20 Å². The van der Waals surface area contributed by atoms with E-state index in [0.717, 1.165) is 24.8 Å². The van der Waals surface area contributed by atoms with Crippen LogP contribution < -0.4 is 5.32 Å². The van der Waals surface area contributed by atoms with Crippen LogP contribution in [0.25, 0.3) is 11.5 Å². The molecule has 0 aliphatic heterocycles. The molecule has 2 aromatic rings. The van der Waals surface area contributed by atoms with Gasteiger partial charge in [0.05, 0.1) is 18.2 Å². The zero-order chi connectivity index (χ0) is 15.4. The quantitative estimate of drug-likeness (QED) is 0.907. The third-order valence-corrected chi connectivity index (χ3v) is 4.12. The summed E-state index contributed by atoms with van der Waals surface area (Å²) in [5.74, 6) is 0.405. The number of rotatable bonds is 4. The van der Waals surface area contributed by atoms with E-state index < -0.39 is 5.60 Å². The molecular weight excluding hydrogens is 280 g/mol. The van der Waals surface area contributed by atoms with E-state index in [9.17, 15) is 9.90 Å². The van der Waals surface area contributed by atoms with Gasteiger partial charge in [0.15, 0.2) is 0 Å². The number of aromatic nitrogens is 1. The van der Waals surface area contributed by atoms with Crippen LogP contribution in [0.15, 0.2) is 41.1 Å². The summed E-state index contributed by atoms with van der Waals surface area (Å²) in [6.07, 6.45) is 7.84. The average Bonchev–Trinajstić information content (AvgIpc) is 3.02. The Bertz CT molecular complexity index is 614. The van der Waals surface area contributed by atoms with E-state index in [4.69, 9.17) is 4.42 Å². The van der Waals surface area contributed by atoms with Crippen molar-refractivity contribution in [3.63, 3.8) is 0 Å². The van der Waals surface area contributed by atoms with Gasteiger partial charge in [-0.2, -0.15) is 0 Å². The molecule has 1 aliphatic rings. The molecule has 1 heterocycles. The molecule has 0 spiro atoms. The number of benzene rings is 1. The van der Waals surface area contributed by atoms with Gasteiger partial charge in [-0.05, 0) is 37.1 Å². The molecule has 1 aromatic heterocycles. The van der Waals surface area contributed by atoms with Crippen LogP contribution in [0, 0.1) is 0 Å². The molecule has 0 saturated heterocycles. The monoisotopic (exact) mass is 300 g/mol. The van der Waals surface area contributed by atoms with Crippen LogP contribution in [0.2, 0.25) is 0 Å². The van der Waals surface area contributed by atoms with Crippen LogP contribution in [0.5, 0.6) is 0 Å². The zero-order valence-electron chi connectivity index (χ0n) is 12.4. The van der Waals surface area contributed by atoms with Gasteiger partial charge in [-0.25, -0.2) is 4.98 Å². The molecule has 0 atom stereocenters. The van der Waals surface area contributed by atoms with Crippen LogP contribution in [0.1, 0.15) is 38.5 Å². The van der Waals surface area contributed by atoms with Crippen LogP contribution in [-0.2, 0) is 4.79 Å². The fraction of sp³-hybridized carbons (Fsp3) is 0.412. The molecular formula is C17H20N2O3. The summed E-state index contributed by atoms with van der Waals surface area (Å²) in [6, 6.07) is 7.30. The molecule has 5 heteroatoms. The Morgan fingerprint density at radius 3 is 2.59 bits per heavy atom. The Hall–Kier alpha value is -2.14. The third kappa shape index (κ3) is 3.54. The van der Waals surface area contributed by atoms with Gasteiger partial charge in [0.2, 0.25) is 11.8 Å². The number of hydrogen-bond donors (Lipinski definition) is 2. The second-order valence-corrected chi connectivity index (χ2v) is 5.92. The highest BCUT2D eigenvalue weighted by atomic mass is 16.3. The highest BCUT2D eigenvalue weighted by molar-refractivity contribution is 5.91. The number of hydrogen-bond acceptors (Lipinski definition) is 4. The summed E-state index contributed by atoms with van der Waals surface area (Å²) in [6.45, 7) is 0. The van der Waals surface area contributed by atoms with Crippen molar-refractivity contribution < 1.29 is 14.3 Å². The summed E-state index contributed by atoms with van der Waals surface area (Å²) in [7, 11) is 0. The Morgan fingerprint density at radius 2 is 1.95 bits per heavy atom. The van der Waals surface area contributed by atoms with Crippen LogP contribution in [-0.4, -0.2) is 21.6 Å². The van der Waals surface area contributed by atoms with E-state index in [1.165, 1.54) is 6.26 Å². The Morgan fingerprint density at radius 1 is 1.23 bits per heavy atom. The molecule has 22 heavy (non-hydrogen) atoms. The first-order chi connectivity index (χ1) is 10.6. The normalized spacial score (nSPS) is 17.1. The molecule has 0 radical (unpaired) electrons. The van der Waals surface area contributed by atoms with Crippen molar-refractivity contribution in [2.24, 2.45) is 0 Å². The van der Waals surface area contributed by atoms with Gasteiger partial charge in [0, 0.05) is 11.3 Å². The molecule has 1 aliphatic carbocycles. The van der Waals surface area contributed by atoms with Gasteiger partial charge >= 0.3 is 0 Å². The van der Waals surface area contributed by atoms with Gasteiger partial charge in [-0.1, -0.05) is 19.3 Å². The molecule has 1 aromatic carbocycles. The van der Waals surface area contributed by atoms with E-state index in [-0.39, 0.29) is 12.3 Å². The maximum atomic E-state index is 12.1. The summed E-state index contributed by atoms with van der Waals surface area (Å²) < 4.78 is 5.22. The first-order valence-corrected chi connectivity index (χ1v) is 7.67. The fourth-order valence-electron chi connectivity index (χ4n) is 2.95. The number of oxazole rings is 1. The van der Waals surface area contributed by atoms with Crippen molar-refractivity contribution in [3.8, 4) is 11.5 Å². The van der Waals surface area contributed by atoms with Crippen molar-refractivity contribution in [1.29, 1.82) is 0 Å². The van der Waals surface area contributed by atoms with Crippen LogP contribution >= 0.6 is 0 Å². The summed E-state index contributed by atoms with van der Waals surface area (Å²) >= 11 is 0. The second-order valence-electron chi connectivity index (χ2n) is 5.92. The number of nitrogens with zero attached hydrogens (tertiary/aromatic N) is 1. The second kappa shape index (κ2) is 6.32. The molecule has 5 nitrogen and oxygen atoms in total. The van der Waals surface area contributed by atoms with E-state index in [2.05, 4.69) is 10.3 Å². The summed E-state index contributed by atoms with van der Waals surface area (Å²) in [5, 5.41) is 13.2. The van der Waals surface area contributed by atoms with Crippen LogP contribution in [0.4, 0.5) is 5.69 Å². The number of aliphatic hydroxyl groups is 1. The summed E-state index contributed by atoms with van der Waals surface area (Å²) in [5.41, 5.74) is 0.731. The van der Waals surface area contributed by atoms with Crippen LogP contribution in [0.3, 0.4) is 0 Å². The maximum Gasteiger partial charge on any atom is 0.227 e. The highest BCUT2D eigenvalue weighted by Crippen LogP contribution is 2.31. The Labute approximate surface area is 129 Å². The molecule has 1 saturated carbocycles. The molecule has 1 fully saturated rings. The fourth-order valence-corrected chi connectivity index (χ4v) is 2.95. The lowest BCUT2D eigenvalue weighted by Gasteiger charge is -2.31. The van der Waals surface area contributed by atoms with Gasteiger partial charge in [-0.3, -0.25) is 4.79 Å². The minimum absolute atomic E-state index is 0.145. The number of nitrogens with one attached hydrogen (secondary N) is 1. The van der Waals surface area contributed by atoms with E-state index >= 15 is 0 Å². The number of anilines is 1. The molecule has 0 unspecified atom stereocenters. The lowest BCUT2D eigenvalue weighted by atomic mass is 9.82. The molecule has 3 rings (SSSR count). The highest BCUT2D eigenvalue weighted by Gasteiger charge is 2.31. The van der Waals surface area contributed by atoms with Gasteiger partial charge in [0.1, 0.15) is 6.26 Å². The number of amides is 1. The van der Waals surface area contributed by atoms with Crippen molar-refractivity contribution in [1.82, 2.24) is 4.98 Å². The Kier molecular flexibility index (Phi) is 4.24. The lowest BCUT2D eigenvalue weighted by Crippen LogP contribution is -2.35. The SMILES string of the molecule is O=C(CC1(O)CCCCC1)Nc1ccc(-c2ncco2)cc1. The van der Waals surface area contributed by atoms with Crippen molar-refractivity contribution in [2.45, 2.75) is 44.1 Å². The zero-order valence-corrected chi connectivity index (χ0v) is 12.4. The predicted molar refractivity (Wildman–Crippen MR) is 83.2 cm³/mol. The largest absolute Gasteiger partial charge is 0.445 e. The van der Waals surface area contributed by atoms with E-state index in [1.807, 2.05) is 24.3 Å². The molecule has 0 bridgehead atoms. The third-order valence-electron chi connectivity index (χ3n) is 4.12. The van der Waals surface area contributed by atoms with Gasteiger partial charge in [0.25, 0.3) is 0 Å². The van der Waals surface area contributed by atoms with Gasteiger partial charge in [-0.15, -0.1) is 0 Å². The van der Waals surface area contributed by atoms with Crippen molar-refractivity contribution >= 4 is 11.6 Å². The summed E-state index contributed by atoms with van der Waals surface area (Å²) in [4.78, 5) is 16.2. The van der Waals surface area contributed by atoms with Crippen molar-refractivity contribution in [2.75, 3.05) is 5.32 Å². The number of carbonyl (C=O) groups excluding carboxylic acids is 1. The van der Waals surface area contributed by atoms with Gasteiger partial charge < -0.3 is 14.8 Å². The first-order valence-electron chi connectivity index (χ1n) is 7.67. The smallest absolute Gasteiger partial charge is 0.227 e. The molecule has 116 valence electrons. The average molecular weight is 300 g/mol. The molecule has 2 N–H and O–H groups in total. The van der Waals surface area contributed by atoms with Crippen molar-refractivity contribution in [3.05, 3.63) is 36.7 Å². The maximum absolute atomic E-state index is 12.1. The topological polar surface area (TPSA) is 75.4 Å². The number of carbonyl (C=O) groups is 1. The van der Waals surface area contributed by atoms with E-state index in [0.29, 0.717) is 24.4 Å². The minimum Gasteiger partial charge on any atom is -0.445 e. The minimum atomic E-state index is -0.833. The molecule has 1 amide bonds. The standard InChI is InChI=1S/C17H20N2O3/c20-15(12-17(21)8-2-1-3-9-17)19-14-6-4-13(5-7-14)16-18-10-11-22-16/h4-7,10-11,21H,1-3,8-9,12H2,(H,19,20). The first kappa shape index (κ1) is 14.8. The predicted octanol–water partition coefficient (Wildman–Crippen LogP) is 3.37.